The summed E-state index contributed by atoms with van der Waals surface area (Å²) >= 11 is 0. The van der Waals surface area contributed by atoms with Crippen molar-refractivity contribution in [2.24, 2.45) is 0 Å². The van der Waals surface area contributed by atoms with E-state index in [0.717, 1.165) is 0 Å². The van der Waals surface area contributed by atoms with Crippen molar-refractivity contribution in [1.82, 2.24) is 14.8 Å². The molecule has 7 nitrogen and oxygen atoms in total. The van der Waals surface area contributed by atoms with Gasteiger partial charge in [0.1, 0.15) is 11.4 Å². The molecule has 1 unspecified atom stereocenters. The van der Waals surface area contributed by atoms with Crippen molar-refractivity contribution in [3.63, 3.8) is 0 Å². The normalized spacial score (nSPS) is 19.8. The lowest BCUT2D eigenvalue weighted by molar-refractivity contribution is 0.0657. The van der Waals surface area contributed by atoms with E-state index in [1.54, 1.807) is 17.0 Å². The van der Waals surface area contributed by atoms with Gasteiger partial charge in [0.15, 0.2) is 0 Å². The number of rotatable bonds is 5. The Hall–Kier alpha value is -1.70. The number of nitrogens with zero attached hydrogens (tertiary/aromatic N) is 3. The highest BCUT2D eigenvalue weighted by Gasteiger charge is 2.25. The van der Waals surface area contributed by atoms with Gasteiger partial charge >= 0.3 is 0 Å². The molecule has 2 N–H and O–H groups in total. The minimum Gasteiger partial charge on any atom is -0.497 e. The smallest absolute Gasteiger partial charge is 0.272 e. The fourth-order valence-corrected chi connectivity index (χ4v) is 2.55. The molecular formula is C15H23N3O4. The average Bonchev–Trinajstić information content (AvgIpc) is 2.73. The van der Waals surface area contributed by atoms with Crippen molar-refractivity contribution in [2.75, 3.05) is 46.4 Å². The summed E-state index contributed by atoms with van der Waals surface area (Å²) in [6.07, 6.45) is 1.60. The molecule has 0 radical (unpaired) electrons. The lowest BCUT2D eigenvalue weighted by atomic mass is 10.2. The topological polar surface area (TPSA) is 86.1 Å². The van der Waals surface area contributed by atoms with E-state index in [1.165, 1.54) is 13.3 Å². The minimum absolute atomic E-state index is 0.128. The Bertz CT molecular complexity index is 497. The first-order chi connectivity index (χ1) is 10.6. The van der Waals surface area contributed by atoms with Gasteiger partial charge in [0.05, 0.1) is 13.2 Å². The number of β-amino-alcohol motifs (C(OH)–C–C–N with tert-alkyl or cyclic N) is 1. The van der Waals surface area contributed by atoms with Crippen LogP contribution in [0.15, 0.2) is 18.3 Å². The molecule has 0 aromatic carbocycles. The zero-order valence-electron chi connectivity index (χ0n) is 12.8. The average molecular weight is 309 g/mol. The number of carbonyl (C=O) groups excluding carboxylic acids is 1. The van der Waals surface area contributed by atoms with E-state index in [-0.39, 0.29) is 19.1 Å². The number of hydrogen-bond acceptors (Lipinski definition) is 6. The van der Waals surface area contributed by atoms with E-state index in [9.17, 15) is 9.90 Å². The molecule has 1 atom stereocenters. The van der Waals surface area contributed by atoms with Crippen LogP contribution in [0.3, 0.4) is 0 Å². The highest BCUT2D eigenvalue weighted by molar-refractivity contribution is 5.92. The number of carbonyl (C=O) groups is 1. The fourth-order valence-electron chi connectivity index (χ4n) is 2.55. The largest absolute Gasteiger partial charge is 0.497 e. The van der Waals surface area contributed by atoms with Crippen LogP contribution in [0.1, 0.15) is 16.9 Å². The maximum atomic E-state index is 12.5. The first-order valence-electron chi connectivity index (χ1n) is 7.44. The van der Waals surface area contributed by atoms with Gasteiger partial charge < -0.3 is 19.8 Å². The Balaban J connectivity index is 2.03. The summed E-state index contributed by atoms with van der Waals surface area (Å²) < 4.78 is 5.11. The second kappa shape index (κ2) is 8.07. The number of ether oxygens (including phenoxy) is 1. The molecule has 1 saturated heterocycles. The maximum Gasteiger partial charge on any atom is 0.272 e. The number of methoxy groups -OCH3 is 1. The van der Waals surface area contributed by atoms with Gasteiger partial charge in [0.2, 0.25) is 0 Å². The molecule has 1 aromatic heterocycles. The highest BCUT2D eigenvalue weighted by Crippen LogP contribution is 2.13. The minimum atomic E-state index is -0.601. The standard InChI is InChI=1S/C15H23N3O4/c1-22-13-3-4-16-14(9-13)15(21)18-7-6-17(5-2-8-19)10-12(20)11-18/h3-4,9,12,19-20H,2,5-8,10-11H2,1H3. The lowest BCUT2D eigenvalue weighted by Crippen LogP contribution is -2.38. The third kappa shape index (κ3) is 4.40. The number of amides is 1. The summed E-state index contributed by atoms with van der Waals surface area (Å²) in [5.74, 6) is 0.375. The van der Waals surface area contributed by atoms with E-state index >= 15 is 0 Å². The molecule has 2 heterocycles. The van der Waals surface area contributed by atoms with Crippen molar-refractivity contribution in [2.45, 2.75) is 12.5 Å². The third-order valence-corrected chi connectivity index (χ3v) is 3.69. The highest BCUT2D eigenvalue weighted by atomic mass is 16.5. The van der Waals surface area contributed by atoms with Crippen LogP contribution in [0.4, 0.5) is 0 Å². The Labute approximate surface area is 130 Å². The predicted molar refractivity (Wildman–Crippen MR) is 80.8 cm³/mol. The third-order valence-electron chi connectivity index (χ3n) is 3.69. The maximum absolute atomic E-state index is 12.5. The summed E-state index contributed by atoms with van der Waals surface area (Å²) in [6, 6.07) is 3.29. The summed E-state index contributed by atoms with van der Waals surface area (Å²) in [6.45, 7) is 2.84. The van der Waals surface area contributed by atoms with Crippen molar-refractivity contribution >= 4 is 5.91 Å². The monoisotopic (exact) mass is 309 g/mol. The van der Waals surface area contributed by atoms with E-state index in [4.69, 9.17) is 9.84 Å². The Morgan fingerprint density at radius 1 is 1.45 bits per heavy atom. The SMILES string of the molecule is COc1ccnc(C(=O)N2CCN(CCCO)CC(O)C2)c1. The van der Waals surface area contributed by atoms with E-state index in [1.807, 2.05) is 0 Å². The summed E-state index contributed by atoms with van der Waals surface area (Å²) in [5, 5.41) is 19.0. The molecule has 1 amide bonds. The van der Waals surface area contributed by atoms with Crippen molar-refractivity contribution in [3.8, 4) is 5.75 Å². The van der Waals surface area contributed by atoms with Gasteiger partial charge in [-0.25, -0.2) is 0 Å². The van der Waals surface area contributed by atoms with Crippen LogP contribution in [-0.4, -0.2) is 83.4 Å². The molecule has 1 fully saturated rings. The molecule has 1 aromatic rings. The molecule has 22 heavy (non-hydrogen) atoms. The van der Waals surface area contributed by atoms with Crippen LogP contribution in [0.2, 0.25) is 0 Å². The van der Waals surface area contributed by atoms with E-state index < -0.39 is 6.10 Å². The molecule has 0 bridgehead atoms. The molecular weight excluding hydrogens is 286 g/mol. The fraction of sp³-hybridized carbons (Fsp3) is 0.600. The van der Waals surface area contributed by atoms with Crippen molar-refractivity contribution in [3.05, 3.63) is 24.0 Å². The molecule has 122 valence electrons. The first kappa shape index (κ1) is 16.7. The quantitative estimate of drug-likeness (QED) is 0.769. The van der Waals surface area contributed by atoms with Gasteiger partial charge in [-0.1, -0.05) is 0 Å². The lowest BCUT2D eigenvalue weighted by Gasteiger charge is -2.21. The Morgan fingerprint density at radius 3 is 3.00 bits per heavy atom. The van der Waals surface area contributed by atoms with Gasteiger partial charge in [-0.15, -0.1) is 0 Å². The number of aliphatic hydroxyl groups excluding tert-OH is 2. The molecule has 7 heteroatoms. The number of aromatic nitrogens is 1. The van der Waals surface area contributed by atoms with E-state index in [0.29, 0.717) is 44.0 Å². The van der Waals surface area contributed by atoms with E-state index in [2.05, 4.69) is 9.88 Å². The summed E-state index contributed by atoms with van der Waals surface area (Å²) in [7, 11) is 1.54. The van der Waals surface area contributed by atoms with Crippen LogP contribution in [-0.2, 0) is 0 Å². The molecule has 1 aliphatic heterocycles. The van der Waals surface area contributed by atoms with Crippen LogP contribution < -0.4 is 4.74 Å². The summed E-state index contributed by atoms with van der Waals surface area (Å²) in [5.41, 5.74) is 0.315. The first-order valence-corrected chi connectivity index (χ1v) is 7.44. The second-order valence-corrected chi connectivity index (χ2v) is 5.36. The number of hydrogen-bond donors (Lipinski definition) is 2. The number of aliphatic hydroxyl groups is 2. The van der Waals surface area contributed by atoms with Gasteiger partial charge in [-0.05, 0) is 12.5 Å². The summed E-state index contributed by atoms with van der Waals surface area (Å²) in [4.78, 5) is 20.3. The van der Waals surface area contributed by atoms with Crippen LogP contribution in [0, 0.1) is 0 Å². The second-order valence-electron chi connectivity index (χ2n) is 5.36. The van der Waals surface area contributed by atoms with Crippen molar-refractivity contribution < 1.29 is 19.7 Å². The van der Waals surface area contributed by atoms with Crippen molar-refractivity contribution in [1.29, 1.82) is 0 Å². The van der Waals surface area contributed by atoms with Crippen LogP contribution in [0.25, 0.3) is 0 Å². The van der Waals surface area contributed by atoms with Gasteiger partial charge in [0.25, 0.3) is 5.91 Å². The number of pyridine rings is 1. The van der Waals surface area contributed by atoms with Gasteiger partial charge in [-0.3, -0.25) is 14.7 Å². The molecule has 1 aliphatic rings. The Kier molecular flexibility index (Phi) is 6.11. The predicted octanol–water partition coefficient (Wildman–Crippen LogP) is -0.409. The molecule has 0 aliphatic carbocycles. The van der Waals surface area contributed by atoms with Gasteiger partial charge in [-0.2, -0.15) is 0 Å². The van der Waals surface area contributed by atoms with Crippen LogP contribution >= 0.6 is 0 Å². The molecule has 0 saturated carbocycles. The molecule has 2 rings (SSSR count). The Morgan fingerprint density at radius 2 is 2.27 bits per heavy atom. The molecule has 0 spiro atoms. The zero-order chi connectivity index (χ0) is 15.9. The van der Waals surface area contributed by atoms with Crippen LogP contribution in [0.5, 0.6) is 5.75 Å². The zero-order valence-corrected chi connectivity index (χ0v) is 12.8. The van der Waals surface area contributed by atoms with Gasteiger partial charge in [0, 0.05) is 51.6 Å².